The maximum atomic E-state index is 13.0. The summed E-state index contributed by atoms with van der Waals surface area (Å²) in [5, 5.41) is 3.89. The molecule has 2 aromatic rings. The number of thioether (sulfide) groups is 1. The first-order valence-corrected chi connectivity index (χ1v) is 9.33. The zero-order valence-electron chi connectivity index (χ0n) is 14.0. The van der Waals surface area contributed by atoms with Gasteiger partial charge < -0.3 is 9.42 Å². The number of hydrogen-bond donors (Lipinski definition) is 0. The molecule has 0 N–H and O–H groups in total. The molecule has 2 aliphatic heterocycles. The molecule has 0 spiro atoms. The van der Waals surface area contributed by atoms with Gasteiger partial charge in [-0.25, -0.2) is 0 Å². The highest BCUT2D eigenvalue weighted by Crippen LogP contribution is 2.39. The molecule has 3 heterocycles. The smallest absolute Gasteiger partial charge is 0.236 e. The maximum absolute atomic E-state index is 13.0. The van der Waals surface area contributed by atoms with E-state index in [9.17, 15) is 4.79 Å². The minimum absolute atomic E-state index is 0.00460. The van der Waals surface area contributed by atoms with E-state index in [1.54, 1.807) is 11.8 Å². The monoisotopic (exact) mass is 343 g/mol. The van der Waals surface area contributed by atoms with Gasteiger partial charge in [0.1, 0.15) is 0 Å². The lowest BCUT2D eigenvalue weighted by Gasteiger charge is -2.32. The van der Waals surface area contributed by atoms with Crippen molar-refractivity contribution < 1.29 is 9.32 Å². The highest BCUT2D eigenvalue weighted by atomic mass is 32.2. The van der Waals surface area contributed by atoms with Gasteiger partial charge in [-0.05, 0) is 44.7 Å². The summed E-state index contributed by atoms with van der Waals surface area (Å²) in [6.07, 6.45) is 2.82. The second-order valence-corrected chi connectivity index (χ2v) is 7.97. The number of fused-ring (bicyclic) bond motifs is 1. The molecule has 1 fully saturated rings. The predicted octanol–water partition coefficient (Wildman–Crippen LogP) is 3.11. The maximum Gasteiger partial charge on any atom is 0.236 e. The van der Waals surface area contributed by atoms with Crippen molar-refractivity contribution in [3.63, 3.8) is 0 Å². The summed E-state index contributed by atoms with van der Waals surface area (Å²) < 4.78 is 5.32. The fourth-order valence-corrected chi connectivity index (χ4v) is 4.91. The molecule has 126 valence electrons. The third kappa shape index (κ3) is 2.95. The minimum Gasteiger partial charge on any atom is -0.341 e. The Bertz CT molecular complexity index is 773. The molecule has 24 heavy (non-hydrogen) atoms. The summed E-state index contributed by atoms with van der Waals surface area (Å²) in [4.78, 5) is 20.6. The number of amides is 1. The number of carbonyl (C=O) groups excluding carboxylic acids is 1. The lowest BCUT2D eigenvalue weighted by molar-refractivity contribution is -0.131. The van der Waals surface area contributed by atoms with E-state index in [1.165, 1.54) is 16.0 Å². The van der Waals surface area contributed by atoms with E-state index in [0.29, 0.717) is 18.3 Å². The zero-order chi connectivity index (χ0) is 16.7. The number of aromatic nitrogens is 2. The Balaban J connectivity index is 1.45. The Kier molecular flexibility index (Phi) is 4.08. The van der Waals surface area contributed by atoms with Gasteiger partial charge in [-0.1, -0.05) is 22.9 Å². The summed E-state index contributed by atoms with van der Waals surface area (Å²) in [5.74, 6) is 1.74. The van der Waals surface area contributed by atoms with Crippen molar-refractivity contribution in [2.75, 3.05) is 13.1 Å². The molecular weight excluding hydrogens is 322 g/mol. The summed E-state index contributed by atoms with van der Waals surface area (Å²) in [5.41, 5.74) is 2.55. The molecule has 1 saturated heterocycles. The van der Waals surface area contributed by atoms with E-state index in [0.717, 1.165) is 25.8 Å². The molecule has 0 bridgehead atoms. The first-order chi connectivity index (χ1) is 11.6. The van der Waals surface area contributed by atoms with Crippen LogP contribution >= 0.6 is 11.8 Å². The topological polar surface area (TPSA) is 59.2 Å². The quantitative estimate of drug-likeness (QED) is 0.838. The Morgan fingerprint density at radius 3 is 3.04 bits per heavy atom. The van der Waals surface area contributed by atoms with Gasteiger partial charge in [-0.2, -0.15) is 4.98 Å². The lowest BCUT2D eigenvalue weighted by atomic mass is 9.97. The minimum atomic E-state index is 0.00460. The molecular formula is C18H21N3O2S. The molecule has 0 unspecified atom stereocenters. The van der Waals surface area contributed by atoms with Crippen molar-refractivity contribution in [1.29, 1.82) is 0 Å². The fourth-order valence-electron chi connectivity index (χ4n) is 3.53. The molecule has 1 aromatic heterocycles. The largest absolute Gasteiger partial charge is 0.341 e. The molecule has 2 atom stereocenters. The van der Waals surface area contributed by atoms with Crippen molar-refractivity contribution in [3.8, 4) is 0 Å². The van der Waals surface area contributed by atoms with Crippen LogP contribution in [-0.2, 0) is 11.2 Å². The van der Waals surface area contributed by atoms with Crippen molar-refractivity contribution in [1.82, 2.24) is 15.0 Å². The van der Waals surface area contributed by atoms with Crippen LogP contribution in [0.5, 0.6) is 0 Å². The highest BCUT2D eigenvalue weighted by molar-refractivity contribution is 8.01. The van der Waals surface area contributed by atoms with Crippen molar-refractivity contribution in [2.45, 2.75) is 49.2 Å². The van der Waals surface area contributed by atoms with Gasteiger partial charge in [-0.15, -0.1) is 11.8 Å². The number of nitrogens with zero attached hydrogens (tertiary/aromatic N) is 3. The van der Waals surface area contributed by atoms with Gasteiger partial charge in [0.15, 0.2) is 5.82 Å². The molecule has 0 saturated carbocycles. The van der Waals surface area contributed by atoms with E-state index in [4.69, 9.17) is 4.52 Å². The van der Waals surface area contributed by atoms with E-state index in [1.807, 2.05) is 11.8 Å². The molecule has 0 aliphatic carbocycles. The third-order valence-corrected chi connectivity index (χ3v) is 6.09. The van der Waals surface area contributed by atoms with Gasteiger partial charge >= 0.3 is 0 Å². The van der Waals surface area contributed by atoms with E-state index < -0.39 is 0 Å². The second kappa shape index (κ2) is 6.24. The van der Waals surface area contributed by atoms with Crippen LogP contribution in [0.2, 0.25) is 0 Å². The highest BCUT2D eigenvalue weighted by Gasteiger charge is 2.35. The number of piperidine rings is 1. The number of aryl methyl sites for hydroxylation is 2. The van der Waals surface area contributed by atoms with E-state index in [2.05, 4.69) is 35.3 Å². The number of rotatable bonds is 2. The van der Waals surface area contributed by atoms with Crippen LogP contribution < -0.4 is 0 Å². The molecule has 1 amide bonds. The Labute approximate surface area is 145 Å². The number of likely N-dealkylation sites (tertiary alicyclic amines) is 1. The molecule has 0 radical (unpaired) electrons. The lowest BCUT2D eigenvalue weighted by Crippen LogP contribution is -2.43. The molecule has 5 nitrogen and oxygen atoms in total. The summed E-state index contributed by atoms with van der Waals surface area (Å²) >= 11 is 1.71. The number of hydrogen-bond acceptors (Lipinski definition) is 5. The second-order valence-electron chi connectivity index (χ2n) is 6.73. The van der Waals surface area contributed by atoms with E-state index in [-0.39, 0.29) is 17.1 Å². The molecule has 4 rings (SSSR count). The summed E-state index contributed by atoms with van der Waals surface area (Å²) in [7, 11) is 0. The van der Waals surface area contributed by atoms with Crippen LogP contribution in [0.4, 0.5) is 0 Å². The zero-order valence-corrected chi connectivity index (χ0v) is 14.8. The van der Waals surface area contributed by atoms with Gasteiger partial charge in [0, 0.05) is 18.0 Å². The third-order valence-electron chi connectivity index (χ3n) is 4.80. The van der Waals surface area contributed by atoms with Crippen LogP contribution in [0, 0.1) is 13.8 Å². The summed E-state index contributed by atoms with van der Waals surface area (Å²) in [6.45, 7) is 5.44. The molecule has 1 aromatic carbocycles. The average Bonchev–Trinajstić information content (AvgIpc) is 3.20. The summed E-state index contributed by atoms with van der Waals surface area (Å²) in [6, 6.07) is 6.47. The predicted molar refractivity (Wildman–Crippen MR) is 92.1 cm³/mol. The van der Waals surface area contributed by atoms with Crippen LogP contribution in [0.1, 0.15) is 41.6 Å². The SMILES string of the molecule is Cc1ccc2c(c1)S[C@H](C(=O)N1CCC[C@H](c3nc(C)no3)C1)C2. The van der Waals surface area contributed by atoms with Gasteiger partial charge in [0.25, 0.3) is 0 Å². The van der Waals surface area contributed by atoms with Crippen molar-refractivity contribution in [3.05, 3.63) is 41.0 Å². The normalized spacial score (nSPS) is 23.3. The van der Waals surface area contributed by atoms with Gasteiger partial charge in [0.05, 0.1) is 11.2 Å². The van der Waals surface area contributed by atoms with Gasteiger partial charge in [0.2, 0.25) is 11.8 Å². The van der Waals surface area contributed by atoms with Gasteiger partial charge in [-0.3, -0.25) is 4.79 Å². The van der Waals surface area contributed by atoms with Crippen LogP contribution in [0.3, 0.4) is 0 Å². The van der Waals surface area contributed by atoms with E-state index >= 15 is 0 Å². The first-order valence-electron chi connectivity index (χ1n) is 8.45. The van der Waals surface area contributed by atoms with Crippen LogP contribution in [-0.4, -0.2) is 39.3 Å². The standard InChI is InChI=1S/C18H21N3O2S/c1-11-5-6-13-9-16(24-15(13)8-11)18(22)21-7-3-4-14(10-21)17-19-12(2)20-23-17/h5-6,8,14,16H,3-4,7,9-10H2,1-2H3/t14-,16-/m0/s1. The Morgan fingerprint density at radius 2 is 2.25 bits per heavy atom. The van der Waals surface area contributed by atoms with Crippen molar-refractivity contribution in [2.24, 2.45) is 0 Å². The Hall–Kier alpha value is -1.82. The average molecular weight is 343 g/mol. The fraction of sp³-hybridized carbons (Fsp3) is 0.500. The molecule has 6 heteroatoms. The first kappa shape index (κ1) is 15.7. The number of carbonyl (C=O) groups is 1. The van der Waals surface area contributed by atoms with Crippen LogP contribution in [0.15, 0.2) is 27.6 Å². The van der Waals surface area contributed by atoms with Crippen molar-refractivity contribution >= 4 is 17.7 Å². The Morgan fingerprint density at radius 1 is 1.38 bits per heavy atom. The van der Waals surface area contributed by atoms with Crippen LogP contribution in [0.25, 0.3) is 0 Å². The number of benzene rings is 1. The molecule has 2 aliphatic rings.